The van der Waals surface area contributed by atoms with Crippen LogP contribution in [0.4, 0.5) is 17.3 Å². The van der Waals surface area contributed by atoms with Gasteiger partial charge in [0, 0.05) is 36.4 Å². The first-order valence-electron chi connectivity index (χ1n) is 10.5. The second kappa shape index (κ2) is 8.57. The van der Waals surface area contributed by atoms with E-state index in [-0.39, 0.29) is 12.4 Å². The normalized spacial score (nSPS) is 19.4. The predicted molar refractivity (Wildman–Crippen MR) is 121 cm³/mol. The van der Waals surface area contributed by atoms with E-state index < -0.39 is 30.1 Å². The highest BCUT2D eigenvalue weighted by atomic mass is 16.5. The van der Waals surface area contributed by atoms with Crippen LogP contribution >= 0.6 is 0 Å². The topological polar surface area (TPSA) is 162 Å². The van der Waals surface area contributed by atoms with Gasteiger partial charge in [0.25, 0.3) is 11.8 Å². The van der Waals surface area contributed by atoms with Crippen molar-refractivity contribution in [2.24, 2.45) is 0 Å². The molecule has 0 radical (unpaired) electrons. The number of nitrogens with zero attached hydrogens (tertiary/aromatic N) is 5. The van der Waals surface area contributed by atoms with Gasteiger partial charge in [-0.25, -0.2) is 4.68 Å². The number of ether oxygens (including phenoxy) is 1. The van der Waals surface area contributed by atoms with Crippen LogP contribution in [0.5, 0.6) is 0 Å². The third kappa shape index (κ3) is 3.95. The maximum Gasteiger partial charge on any atom is 0.260 e. The summed E-state index contributed by atoms with van der Waals surface area (Å²) in [7, 11) is 0. The smallest absolute Gasteiger partial charge is 0.260 e. The Labute approximate surface area is 192 Å². The lowest BCUT2D eigenvalue weighted by atomic mass is 10.1. The zero-order chi connectivity index (χ0) is 23.8. The molecule has 174 valence electrons. The molecule has 0 aliphatic carbocycles. The Morgan fingerprint density at radius 3 is 2.85 bits per heavy atom. The highest BCUT2D eigenvalue weighted by Crippen LogP contribution is 2.25. The summed E-state index contributed by atoms with van der Waals surface area (Å²) in [6.45, 7) is 1.97. The number of nitrogens with one attached hydrogen (secondary N) is 1. The molecule has 4 N–H and O–H groups in total. The van der Waals surface area contributed by atoms with Crippen LogP contribution in [0.3, 0.4) is 0 Å². The van der Waals surface area contributed by atoms with E-state index in [2.05, 4.69) is 20.6 Å². The van der Waals surface area contributed by atoms with Crippen LogP contribution in [0.2, 0.25) is 0 Å². The van der Waals surface area contributed by atoms with Crippen LogP contribution < -0.4 is 16.0 Å². The lowest BCUT2D eigenvalue weighted by molar-refractivity contribution is -0.156. The van der Waals surface area contributed by atoms with E-state index in [1.54, 1.807) is 60.5 Å². The highest BCUT2D eigenvalue weighted by Gasteiger charge is 2.42. The van der Waals surface area contributed by atoms with Crippen LogP contribution in [0.25, 0.3) is 16.7 Å². The van der Waals surface area contributed by atoms with Gasteiger partial charge < -0.3 is 25.4 Å². The van der Waals surface area contributed by atoms with Gasteiger partial charge in [-0.05, 0) is 31.2 Å². The number of fused-ring (bicyclic) bond motifs is 1. The molecular weight excluding hydrogens is 442 g/mol. The molecule has 1 aliphatic heterocycles. The summed E-state index contributed by atoms with van der Waals surface area (Å²) in [5.41, 5.74) is 7.19. The third-order valence-electron chi connectivity index (χ3n) is 5.43. The number of anilines is 3. The zero-order valence-electron chi connectivity index (χ0n) is 18.0. The molecule has 1 unspecified atom stereocenters. The largest absolute Gasteiger partial charge is 0.380 e. The number of hydrogen-bond acceptors (Lipinski definition) is 9. The summed E-state index contributed by atoms with van der Waals surface area (Å²) in [4.78, 5) is 31.3. The number of carbonyl (C=O) groups is 2. The van der Waals surface area contributed by atoms with Gasteiger partial charge in [0.1, 0.15) is 0 Å². The Hall–Kier alpha value is -4.29. The van der Waals surface area contributed by atoms with E-state index in [0.29, 0.717) is 22.5 Å². The van der Waals surface area contributed by atoms with Gasteiger partial charge >= 0.3 is 0 Å². The molecule has 0 spiro atoms. The number of nitrogen functional groups attached to an aromatic ring is 1. The van der Waals surface area contributed by atoms with Crippen molar-refractivity contribution in [3.05, 3.63) is 55.0 Å². The molecule has 1 aromatic carbocycles. The Morgan fingerprint density at radius 1 is 1.26 bits per heavy atom. The van der Waals surface area contributed by atoms with Crippen molar-refractivity contribution in [2.45, 2.75) is 25.2 Å². The minimum absolute atomic E-state index is 0.223. The van der Waals surface area contributed by atoms with Crippen molar-refractivity contribution < 1.29 is 24.0 Å². The zero-order valence-corrected chi connectivity index (χ0v) is 18.0. The predicted octanol–water partition coefficient (Wildman–Crippen LogP) is 1.11. The van der Waals surface area contributed by atoms with Crippen molar-refractivity contribution in [1.29, 1.82) is 0 Å². The van der Waals surface area contributed by atoms with Gasteiger partial charge in [-0.3, -0.25) is 19.5 Å². The molecule has 3 aromatic heterocycles. The van der Waals surface area contributed by atoms with Gasteiger partial charge in [0.05, 0.1) is 23.7 Å². The first-order chi connectivity index (χ1) is 16.4. The molecule has 12 nitrogen and oxygen atoms in total. The first-order valence-corrected chi connectivity index (χ1v) is 10.5. The Kier molecular flexibility index (Phi) is 5.43. The number of carbonyl (C=O) groups excluding carboxylic acids is 2. The van der Waals surface area contributed by atoms with Crippen LogP contribution in [-0.4, -0.2) is 61.7 Å². The van der Waals surface area contributed by atoms with E-state index in [1.807, 2.05) is 0 Å². The van der Waals surface area contributed by atoms with Crippen molar-refractivity contribution in [1.82, 2.24) is 19.9 Å². The molecule has 3 atom stereocenters. The molecule has 4 aromatic rings. The Morgan fingerprint density at radius 2 is 2.06 bits per heavy atom. The second-order valence-electron chi connectivity index (χ2n) is 7.85. The Bertz CT molecular complexity index is 1350. The average molecular weight is 463 g/mol. The summed E-state index contributed by atoms with van der Waals surface area (Å²) < 4.78 is 12.3. The summed E-state index contributed by atoms with van der Waals surface area (Å²) in [6.07, 6.45) is 1.39. The van der Waals surface area contributed by atoms with Crippen molar-refractivity contribution in [3.8, 4) is 5.69 Å². The second-order valence-corrected chi connectivity index (χ2v) is 7.85. The minimum atomic E-state index is -1.75. The SMILES string of the molecule is C[C@H]1CN(c2ccn(-c3ccncc3)n2)C(=O)[C@@H](C(O)C(=O)Nc2ccc3c(N)noc3c2)O1. The van der Waals surface area contributed by atoms with Gasteiger partial charge in [-0.1, -0.05) is 5.16 Å². The molecule has 1 saturated heterocycles. The molecule has 12 heteroatoms. The monoisotopic (exact) mass is 463 g/mol. The number of aliphatic hydroxyl groups is 1. The lowest BCUT2D eigenvalue weighted by Gasteiger charge is -2.36. The number of amides is 2. The van der Waals surface area contributed by atoms with Gasteiger partial charge in [0.2, 0.25) is 0 Å². The van der Waals surface area contributed by atoms with Gasteiger partial charge in [-0.15, -0.1) is 5.10 Å². The van der Waals surface area contributed by atoms with Crippen LogP contribution in [0.15, 0.2) is 59.5 Å². The molecule has 0 bridgehead atoms. The highest BCUT2D eigenvalue weighted by molar-refractivity contribution is 6.04. The van der Waals surface area contributed by atoms with Crippen molar-refractivity contribution >= 4 is 40.1 Å². The van der Waals surface area contributed by atoms with Crippen LogP contribution in [0.1, 0.15) is 6.92 Å². The van der Waals surface area contributed by atoms with Gasteiger partial charge in [0.15, 0.2) is 29.4 Å². The minimum Gasteiger partial charge on any atom is -0.380 e. The summed E-state index contributed by atoms with van der Waals surface area (Å²) in [6, 6.07) is 9.98. The molecular formula is C22H21N7O5. The Balaban J connectivity index is 1.33. The average Bonchev–Trinajstić information content (AvgIpc) is 3.47. The number of pyridine rings is 1. The van der Waals surface area contributed by atoms with E-state index in [0.717, 1.165) is 5.69 Å². The fourth-order valence-electron chi connectivity index (χ4n) is 3.76. The maximum absolute atomic E-state index is 13.2. The molecule has 1 fully saturated rings. The fourth-order valence-corrected chi connectivity index (χ4v) is 3.76. The van der Waals surface area contributed by atoms with Crippen molar-refractivity contribution in [2.75, 3.05) is 22.5 Å². The fraction of sp³-hybridized carbons (Fsp3) is 0.227. The number of aromatic nitrogens is 4. The molecule has 4 heterocycles. The van der Waals surface area contributed by atoms with Gasteiger partial charge in [-0.2, -0.15) is 0 Å². The standard InChI is InChI=1S/C22H21N7O5/c1-12-11-28(17-6-9-29(26-17)14-4-7-24-8-5-14)22(32)19(33-12)18(30)21(31)25-13-2-3-15-16(10-13)34-27-20(15)23/h2-10,12,18-19,30H,11H2,1H3,(H2,23,27)(H,25,31)/t12-,18?,19+/m0/s1. The molecule has 34 heavy (non-hydrogen) atoms. The molecule has 5 rings (SSSR count). The summed E-state index contributed by atoms with van der Waals surface area (Å²) in [5.74, 6) is -0.766. The third-order valence-corrected chi connectivity index (χ3v) is 5.43. The number of benzene rings is 1. The van der Waals surface area contributed by atoms with E-state index in [4.69, 9.17) is 15.0 Å². The first kappa shape index (κ1) is 21.6. The summed E-state index contributed by atoms with van der Waals surface area (Å²) in [5, 5.41) is 22.0. The van der Waals surface area contributed by atoms with Crippen LogP contribution in [-0.2, 0) is 14.3 Å². The number of nitrogens with two attached hydrogens (primary N) is 1. The van der Waals surface area contributed by atoms with Crippen molar-refractivity contribution in [3.63, 3.8) is 0 Å². The quantitative estimate of drug-likeness (QED) is 0.394. The van der Waals surface area contributed by atoms with E-state index in [9.17, 15) is 14.7 Å². The molecule has 2 amide bonds. The number of hydrogen-bond donors (Lipinski definition) is 3. The number of rotatable bonds is 5. The van der Waals surface area contributed by atoms with E-state index in [1.165, 1.54) is 11.0 Å². The summed E-state index contributed by atoms with van der Waals surface area (Å²) >= 11 is 0. The molecule has 1 aliphatic rings. The van der Waals surface area contributed by atoms with Crippen LogP contribution in [0, 0.1) is 0 Å². The number of morpholine rings is 1. The van der Waals surface area contributed by atoms with E-state index >= 15 is 0 Å². The lowest BCUT2D eigenvalue weighted by Crippen LogP contribution is -2.58. The number of aliphatic hydroxyl groups excluding tert-OH is 1. The maximum atomic E-state index is 13.2. The molecule has 0 saturated carbocycles.